The maximum Gasteiger partial charge on any atom is 0.0720 e. The monoisotopic (exact) mass is 132 g/mol. The molecule has 0 aliphatic carbocycles. The highest BCUT2D eigenvalue weighted by atomic mass is 16.6. The van der Waals surface area contributed by atoms with Crippen LogP contribution in [0, 0.1) is 0 Å². The van der Waals surface area contributed by atoms with Crippen LogP contribution in [-0.2, 0) is 4.84 Å². The topological polar surface area (TPSA) is 24.5 Å². The van der Waals surface area contributed by atoms with Crippen LogP contribution in [0.1, 0.15) is 13.3 Å². The van der Waals surface area contributed by atoms with E-state index in [-0.39, 0.29) is 0 Å². The van der Waals surface area contributed by atoms with E-state index in [4.69, 9.17) is 4.84 Å². The van der Waals surface area contributed by atoms with Gasteiger partial charge in [-0.05, 0) is 20.5 Å². The molecule has 9 heavy (non-hydrogen) atoms. The van der Waals surface area contributed by atoms with Gasteiger partial charge in [0.1, 0.15) is 0 Å². The van der Waals surface area contributed by atoms with Crippen LogP contribution < -0.4 is 5.48 Å². The quantitative estimate of drug-likeness (QED) is 0.333. The average molecular weight is 132 g/mol. The van der Waals surface area contributed by atoms with Crippen molar-refractivity contribution in [2.24, 2.45) is 0 Å². The fourth-order valence-corrected chi connectivity index (χ4v) is 0.349. The van der Waals surface area contributed by atoms with E-state index in [1.807, 2.05) is 19.0 Å². The van der Waals surface area contributed by atoms with Gasteiger partial charge >= 0.3 is 0 Å². The van der Waals surface area contributed by atoms with Crippen LogP contribution in [0.2, 0.25) is 0 Å². The van der Waals surface area contributed by atoms with Crippen LogP contribution in [0.3, 0.4) is 0 Å². The number of nitrogens with zero attached hydrogens (tertiary/aromatic N) is 1. The zero-order chi connectivity index (χ0) is 7.11. The first kappa shape index (κ1) is 8.88. The minimum atomic E-state index is 0.778. The van der Waals surface area contributed by atoms with Gasteiger partial charge in [0, 0.05) is 0 Å². The van der Waals surface area contributed by atoms with E-state index in [1.54, 1.807) is 0 Å². The van der Waals surface area contributed by atoms with Gasteiger partial charge in [0.15, 0.2) is 0 Å². The molecular formula is C6H16N2O. The molecule has 0 aliphatic heterocycles. The van der Waals surface area contributed by atoms with Gasteiger partial charge < -0.3 is 4.84 Å². The summed E-state index contributed by atoms with van der Waals surface area (Å²) in [5, 5.41) is 0. The summed E-state index contributed by atoms with van der Waals surface area (Å²) in [5.74, 6) is 0. The Balaban J connectivity index is 2.75. The summed E-state index contributed by atoms with van der Waals surface area (Å²) in [6, 6.07) is 0. The van der Waals surface area contributed by atoms with Gasteiger partial charge in [-0.15, -0.1) is 0 Å². The van der Waals surface area contributed by atoms with Gasteiger partial charge in [0.05, 0.1) is 13.3 Å². The fraction of sp³-hybridized carbons (Fsp3) is 1.00. The summed E-state index contributed by atoms with van der Waals surface area (Å²) < 4.78 is 0. The molecule has 0 heterocycles. The molecule has 0 aromatic rings. The van der Waals surface area contributed by atoms with Crippen LogP contribution >= 0.6 is 0 Å². The molecule has 0 fully saturated rings. The van der Waals surface area contributed by atoms with Crippen molar-refractivity contribution < 1.29 is 4.84 Å². The minimum Gasteiger partial charge on any atom is -0.301 e. The molecule has 0 rings (SSSR count). The Morgan fingerprint density at radius 1 is 1.44 bits per heavy atom. The number of hydrogen-bond donors (Lipinski definition) is 1. The smallest absolute Gasteiger partial charge is 0.0720 e. The predicted molar refractivity (Wildman–Crippen MR) is 37.9 cm³/mol. The lowest BCUT2D eigenvalue weighted by Crippen LogP contribution is -2.28. The molecule has 0 unspecified atom stereocenters. The molecule has 3 nitrogen and oxygen atoms in total. The second-order valence-electron chi connectivity index (χ2n) is 2.23. The van der Waals surface area contributed by atoms with E-state index in [1.165, 1.54) is 0 Å². The van der Waals surface area contributed by atoms with Crippen LogP contribution in [0.15, 0.2) is 0 Å². The first-order valence-electron chi connectivity index (χ1n) is 3.26. The number of hydroxylamine groups is 1. The second kappa shape index (κ2) is 6.01. The first-order chi connectivity index (χ1) is 4.27. The summed E-state index contributed by atoms with van der Waals surface area (Å²) >= 11 is 0. The molecule has 0 spiro atoms. The van der Waals surface area contributed by atoms with E-state index >= 15 is 0 Å². The number of hydrogen-bond acceptors (Lipinski definition) is 3. The molecule has 0 saturated carbocycles. The van der Waals surface area contributed by atoms with Crippen LogP contribution in [-0.4, -0.2) is 32.3 Å². The molecular weight excluding hydrogens is 116 g/mol. The average Bonchev–Trinajstić information content (AvgIpc) is 1.80. The highest BCUT2D eigenvalue weighted by molar-refractivity contribution is 4.29. The molecule has 0 radical (unpaired) electrons. The molecule has 0 atom stereocenters. The van der Waals surface area contributed by atoms with Crippen LogP contribution in [0.4, 0.5) is 0 Å². The second-order valence-corrected chi connectivity index (χ2v) is 2.23. The normalized spacial score (nSPS) is 10.7. The molecule has 3 heteroatoms. The highest BCUT2D eigenvalue weighted by Gasteiger charge is 1.85. The molecule has 1 N–H and O–H groups in total. The summed E-state index contributed by atoms with van der Waals surface area (Å²) in [6.45, 7) is 3.64. The molecule has 0 bridgehead atoms. The van der Waals surface area contributed by atoms with Gasteiger partial charge in [0.25, 0.3) is 0 Å². The van der Waals surface area contributed by atoms with Crippen molar-refractivity contribution in [3.05, 3.63) is 0 Å². The third-order valence-corrected chi connectivity index (χ3v) is 0.789. The fourth-order valence-electron chi connectivity index (χ4n) is 0.349. The molecule has 0 aromatic heterocycles. The standard InChI is InChI=1S/C6H16N2O/c1-4-5-9-7-6-8(2)3/h7H,4-6H2,1-3H3. The molecule has 0 aromatic carbocycles. The maximum absolute atomic E-state index is 5.00. The van der Waals surface area contributed by atoms with Crippen molar-refractivity contribution in [1.82, 2.24) is 10.4 Å². The molecule has 0 saturated heterocycles. The Bertz CT molecular complexity index is 57.0. The highest BCUT2D eigenvalue weighted by Crippen LogP contribution is 1.74. The predicted octanol–water partition coefficient (Wildman–Crippen LogP) is 0.437. The zero-order valence-electron chi connectivity index (χ0n) is 6.48. The van der Waals surface area contributed by atoms with Crippen molar-refractivity contribution >= 4 is 0 Å². The lowest BCUT2D eigenvalue weighted by atomic mass is 10.5. The minimum absolute atomic E-state index is 0.778. The molecule has 0 amide bonds. The largest absolute Gasteiger partial charge is 0.301 e. The van der Waals surface area contributed by atoms with E-state index in [9.17, 15) is 0 Å². The summed E-state index contributed by atoms with van der Waals surface area (Å²) in [7, 11) is 3.98. The summed E-state index contributed by atoms with van der Waals surface area (Å²) in [5.41, 5.74) is 2.81. The SMILES string of the molecule is CCCONCN(C)C. The first-order valence-corrected chi connectivity index (χ1v) is 3.26. The summed E-state index contributed by atoms with van der Waals surface area (Å²) in [6.07, 6.45) is 1.06. The van der Waals surface area contributed by atoms with Crippen molar-refractivity contribution in [2.45, 2.75) is 13.3 Å². The number of nitrogens with one attached hydrogen (secondary N) is 1. The van der Waals surface area contributed by atoms with Crippen molar-refractivity contribution in [1.29, 1.82) is 0 Å². The maximum atomic E-state index is 5.00. The lowest BCUT2D eigenvalue weighted by Gasteiger charge is -2.09. The van der Waals surface area contributed by atoms with E-state index in [0.29, 0.717) is 0 Å². The van der Waals surface area contributed by atoms with Crippen molar-refractivity contribution in [2.75, 3.05) is 27.4 Å². The van der Waals surface area contributed by atoms with Gasteiger partial charge in [-0.25, -0.2) is 0 Å². The van der Waals surface area contributed by atoms with Crippen molar-refractivity contribution in [3.63, 3.8) is 0 Å². The zero-order valence-corrected chi connectivity index (χ0v) is 6.48. The van der Waals surface area contributed by atoms with Crippen LogP contribution in [0.5, 0.6) is 0 Å². The van der Waals surface area contributed by atoms with Gasteiger partial charge in [-0.1, -0.05) is 6.92 Å². The van der Waals surface area contributed by atoms with Gasteiger partial charge in [-0.3, -0.25) is 4.90 Å². The Morgan fingerprint density at radius 3 is 2.56 bits per heavy atom. The third-order valence-electron chi connectivity index (χ3n) is 0.789. The van der Waals surface area contributed by atoms with E-state index in [0.717, 1.165) is 19.7 Å². The summed E-state index contributed by atoms with van der Waals surface area (Å²) in [4.78, 5) is 7.01. The van der Waals surface area contributed by atoms with Gasteiger partial charge in [-0.2, -0.15) is 5.48 Å². The lowest BCUT2D eigenvalue weighted by molar-refractivity contribution is 0.0189. The van der Waals surface area contributed by atoms with Gasteiger partial charge in [0.2, 0.25) is 0 Å². The molecule has 0 aliphatic rings. The Hall–Kier alpha value is -0.120. The van der Waals surface area contributed by atoms with E-state index in [2.05, 4.69) is 12.4 Å². The van der Waals surface area contributed by atoms with E-state index < -0.39 is 0 Å². The van der Waals surface area contributed by atoms with Crippen molar-refractivity contribution in [3.8, 4) is 0 Å². The molecule has 56 valence electrons. The van der Waals surface area contributed by atoms with Crippen LogP contribution in [0.25, 0.3) is 0 Å². The Morgan fingerprint density at radius 2 is 2.11 bits per heavy atom. The Kier molecular flexibility index (Phi) is 5.93. The Labute approximate surface area is 56.9 Å². The third kappa shape index (κ3) is 7.88. The number of rotatable bonds is 5.